The molecule has 18 heavy (non-hydrogen) atoms. The van der Waals surface area contributed by atoms with Crippen molar-refractivity contribution in [1.82, 2.24) is 10.2 Å². The van der Waals surface area contributed by atoms with E-state index in [1.54, 1.807) is 18.3 Å². The number of rotatable bonds is 4. The van der Waals surface area contributed by atoms with Gasteiger partial charge in [0.15, 0.2) is 0 Å². The second-order valence-electron chi connectivity index (χ2n) is 4.92. The second-order valence-corrected chi connectivity index (χ2v) is 5.92. The van der Waals surface area contributed by atoms with E-state index in [0.29, 0.717) is 6.04 Å². The van der Waals surface area contributed by atoms with Crippen LogP contribution in [0.25, 0.3) is 0 Å². The van der Waals surface area contributed by atoms with E-state index in [2.05, 4.69) is 22.6 Å². The number of carbonyl (C=O) groups excluding carboxylic acids is 1. The summed E-state index contributed by atoms with van der Waals surface area (Å²) < 4.78 is 0. The van der Waals surface area contributed by atoms with Gasteiger partial charge >= 0.3 is 0 Å². The van der Waals surface area contributed by atoms with Crippen molar-refractivity contribution in [3.63, 3.8) is 0 Å². The van der Waals surface area contributed by atoms with Crippen LogP contribution in [0.1, 0.15) is 24.6 Å². The molecule has 1 saturated heterocycles. The Morgan fingerprint density at radius 2 is 2.44 bits per heavy atom. The van der Waals surface area contributed by atoms with E-state index in [0.717, 1.165) is 18.8 Å². The largest absolute Gasteiger partial charge is 0.325 e. The first-order valence-corrected chi connectivity index (χ1v) is 7.29. The van der Waals surface area contributed by atoms with Crippen LogP contribution in [-0.2, 0) is 11.3 Å². The summed E-state index contributed by atoms with van der Waals surface area (Å²) in [6, 6.07) is 2.53. The van der Waals surface area contributed by atoms with Crippen molar-refractivity contribution in [2.45, 2.75) is 32.4 Å². The third-order valence-electron chi connectivity index (χ3n) is 3.23. The van der Waals surface area contributed by atoms with Crippen LogP contribution in [0.4, 0.5) is 5.69 Å². The van der Waals surface area contributed by atoms with Crippen LogP contribution in [0.2, 0.25) is 0 Å². The van der Waals surface area contributed by atoms with Crippen LogP contribution >= 0.6 is 11.3 Å². The lowest BCUT2D eigenvalue weighted by Crippen LogP contribution is -2.43. The minimum Gasteiger partial charge on any atom is -0.325 e. The van der Waals surface area contributed by atoms with Crippen LogP contribution in [0.3, 0.4) is 0 Å². The average Bonchev–Trinajstić information content (AvgIpc) is 2.73. The Morgan fingerprint density at radius 1 is 1.61 bits per heavy atom. The Bertz CT molecular complexity index is 405. The predicted molar refractivity (Wildman–Crippen MR) is 76.0 cm³/mol. The van der Waals surface area contributed by atoms with Gasteiger partial charge in [-0.1, -0.05) is 0 Å². The monoisotopic (exact) mass is 267 g/mol. The molecule has 1 fully saturated rings. The van der Waals surface area contributed by atoms with Crippen molar-refractivity contribution in [1.29, 1.82) is 0 Å². The van der Waals surface area contributed by atoms with Gasteiger partial charge < -0.3 is 15.5 Å². The highest BCUT2D eigenvalue weighted by Crippen LogP contribution is 2.22. The molecule has 100 valence electrons. The van der Waals surface area contributed by atoms with E-state index in [-0.39, 0.29) is 5.91 Å². The van der Waals surface area contributed by atoms with Crippen LogP contribution in [0.15, 0.2) is 11.4 Å². The molecule has 5 heteroatoms. The number of hydrogen-bond donors (Lipinski definition) is 2. The van der Waals surface area contributed by atoms with Crippen molar-refractivity contribution >= 4 is 22.9 Å². The minimum absolute atomic E-state index is 0.00736. The summed E-state index contributed by atoms with van der Waals surface area (Å²) in [4.78, 5) is 14.7. The van der Waals surface area contributed by atoms with E-state index >= 15 is 0 Å². The molecule has 0 spiro atoms. The normalized spacial score (nSPS) is 20.9. The number of likely N-dealkylation sites (N-methyl/N-ethyl adjacent to an activating group) is 1. The molecule has 0 saturated carbocycles. The predicted octanol–water partition coefficient (Wildman–Crippen LogP) is 1.89. The molecule has 1 atom stereocenters. The zero-order chi connectivity index (χ0) is 13.0. The van der Waals surface area contributed by atoms with E-state index in [9.17, 15) is 4.79 Å². The Kier molecular flexibility index (Phi) is 4.74. The molecule has 2 heterocycles. The highest BCUT2D eigenvalue weighted by Gasteiger charge is 2.17. The molecular weight excluding hydrogens is 246 g/mol. The lowest BCUT2D eigenvalue weighted by atomic mass is 10.1. The minimum atomic E-state index is -0.00736. The van der Waals surface area contributed by atoms with Gasteiger partial charge in [0.25, 0.3) is 0 Å². The van der Waals surface area contributed by atoms with Gasteiger partial charge in [-0.25, -0.2) is 0 Å². The summed E-state index contributed by atoms with van der Waals surface area (Å²) in [5, 5.41) is 8.48. The van der Waals surface area contributed by atoms with Crippen molar-refractivity contribution < 1.29 is 4.79 Å². The zero-order valence-electron chi connectivity index (χ0n) is 11.0. The van der Waals surface area contributed by atoms with Crippen molar-refractivity contribution in [3.8, 4) is 0 Å². The maximum Gasteiger partial charge on any atom is 0.221 e. The maximum absolute atomic E-state index is 11.1. The molecule has 1 aromatic rings. The molecule has 1 unspecified atom stereocenters. The molecule has 0 bridgehead atoms. The standard InChI is InChI=1S/C13H21N3OS/c1-10(17)15-12-5-7-18-13(12)8-14-11-4-3-6-16(2)9-11/h5,7,11,14H,3-4,6,8-9H2,1-2H3,(H,15,17). The van der Waals surface area contributed by atoms with Crippen LogP contribution in [0.5, 0.6) is 0 Å². The van der Waals surface area contributed by atoms with Crippen molar-refractivity contribution in [2.24, 2.45) is 0 Å². The summed E-state index contributed by atoms with van der Waals surface area (Å²) in [7, 11) is 2.17. The summed E-state index contributed by atoms with van der Waals surface area (Å²) in [6.07, 6.45) is 2.50. The van der Waals surface area contributed by atoms with E-state index < -0.39 is 0 Å². The Balaban J connectivity index is 1.86. The SMILES string of the molecule is CC(=O)Nc1ccsc1CNC1CCCN(C)C1. The van der Waals surface area contributed by atoms with Gasteiger partial charge in [-0.2, -0.15) is 0 Å². The zero-order valence-corrected chi connectivity index (χ0v) is 11.8. The molecule has 4 nitrogen and oxygen atoms in total. The van der Waals surface area contributed by atoms with Crippen LogP contribution in [0, 0.1) is 0 Å². The molecule has 1 aliphatic rings. The van der Waals surface area contributed by atoms with Gasteiger partial charge in [0, 0.05) is 30.9 Å². The number of carbonyl (C=O) groups is 1. The highest BCUT2D eigenvalue weighted by molar-refractivity contribution is 7.10. The first kappa shape index (κ1) is 13.5. The van der Waals surface area contributed by atoms with Crippen molar-refractivity contribution in [2.75, 3.05) is 25.5 Å². The van der Waals surface area contributed by atoms with Gasteiger partial charge in [0.2, 0.25) is 5.91 Å². The molecule has 0 radical (unpaired) electrons. The first-order chi connectivity index (χ1) is 8.65. The van der Waals surface area contributed by atoms with Gasteiger partial charge in [0.1, 0.15) is 0 Å². The lowest BCUT2D eigenvalue weighted by Gasteiger charge is -2.30. The molecule has 1 aliphatic heterocycles. The van der Waals surface area contributed by atoms with Crippen LogP contribution < -0.4 is 10.6 Å². The van der Waals surface area contributed by atoms with Crippen LogP contribution in [-0.4, -0.2) is 37.0 Å². The van der Waals surface area contributed by atoms with E-state index in [4.69, 9.17) is 0 Å². The molecule has 0 aliphatic carbocycles. The van der Waals surface area contributed by atoms with Crippen molar-refractivity contribution in [3.05, 3.63) is 16.3 Å². The number of anilines is 1. The van der Waals surface area contributed by atoms with Gasteiger partial charge in [-0.15, -0.1) is 11.3 Å². The van der Waals surface area contributed by atoms with E-state index in [1.807, 2.05) is 11.4 Å². The summed E-state index contributed by atoms with van der Waals surface area (Å²) in [6.45, 7) is 4.70. The smallest absolute Gasteiger partial charge is 0.221 e. The highest BCUT2D eigenvalue weighted by atomic mass is 32.1. The Hall–Kier alpha value is -0.910. The number of piperidine rings is 1. The molecular formula is C13H21N3OS. The lowest BCUT2D eigenvalue weighted by molar-refractivity contribution is -0.114. The molecule has 2 N–H and O–H groups in total. The maximum atomic E-state index is 11.1. The summed E-state index contributed by atoms with van der Waals surface area (Å²) >= 11 is 1.69. The van der Waals surface area contributed by atoms with Gasteiger partial charge in [0.05, 0.1) is 5.69 Å². The first-order valence-electron chi connectivity index (χ1n) is 6.41. The number of nitrogens with zero attached hydrogens (tertiary/aromatic N) is 1. The summed E-state index contributed by atoms with van der Waals surface area (Å²) in [5.74, 6) is -0.00736. The molecule has 0 aromatic carbocycles. The van der Waals surface area contributed by atoms with E-state index in [1.165, 1.54) is 24.3 Å². The fourth-order valence-electron chi connectivity index (χ4n) is 2.35. The number of thiophene rings is 1. The van der Waals surface area contributed by atoms with Gasteiger partial charge in [-0.3, -0.25) is 4.79 Å². The number of likely N-dealkylation sites (tertiary alicyclic amines) is 1. The fraction of sp³-hybridized carbons (Fsp3) is 0.615. The third kappa shape index (κ3) is 3.80. The second kappa shape index (κ2) is 6.31. The topological polar surface area (TPSA) is 44.4 Å². The number of hydrogen-bond acceptors (Lipinski definition) is 4. The van der Waals surface area contributed by atoms with Gasteiger partial charge in [-0.05, 0) is 37.9 Å². The molecule has 2 rings (SSSR count). The number of amides is 1. The average molecular weight is 267 g/mol. The molecule has 1 amide bonds. The fourth-order valence-corrected chi connectivity index (χ4v) is 3.13. The quantitative estimate of drug-likeness (QED) is 0.875. The Labute approximate surface area is 112 Å². The Morgan fingerprint density at radius 3 is 3.17 bits per heavy atom. The number of nitrogens with one attached hydrogen (secondary N) is 2. The third-order valence-corrected chi connectivity index (χ3v) is 4.15. The summed E-state index contributed by atoms with van der Waals surface area (Å²) in [5.41, 5.74) is 0.948. The molecule has 1 aromatic heterocycles.